The fourth-order valence-corrected chi connectivity index (χ4v) is 3.37. The summed E-state index contributed by atoms with van der Waals surface area (Å²) >= 11 is 0. The second-order valence-corrected chi connectivity index (χ2v) is 8.47. The Labute approximate surface area is 123 Å². The van der Waals surface area contributed by atoms with Crippen LogP contribution >= 0.6 is 0 Å². The van der Waals surface area contributed by atoms with Crippen LogP contribution in [0.25, 0.3) is 0 Å². The van der Waals surface area contributed by atoms with E-state index < -0.39 is 9.84 Å². The molecule has 1 aliphatic rings. The normalized spacial score (nSPS) is 24.1. The minimum absolute atomic E-state index is 0.00798. The molecule has 0 aromatic rings. The monoisotopic (exact) mass is 304 g/mol. The molecule has 1 heterocycles. The Kier molecular flexibility index (Phi) is 6.45. The summed E-state index contributed by atoms with van der Waals surface area (Å²) in [5.74, 6) is -0.0542. The van der Waals surface area contributed by atoms with Crippen LogP contribution in [-0.4, -0.2) is 68.9 Å². The van der Waals surface area contributed by atoms with Gasteiger partial charge < -0.3 is 9.80 Å². The van der Waals surface area contributed by atoms with E-state index in [4.69, 9.17) is 0 Å². The number of hydrogen-bond donors (Lipinski definition) is 0. The maximum Gasteiger partial charge on any atom is 0.224 e. The summed E-state index contributed by atoms with van der Waals surface area (Å²) in [7, 11) is 0.985. The quantitative estimate of drug-likeness (QED) is 0.738. The van der Waals surface area contributed by atoms with Crippen LogP contribution in [-0.2, 0) is 14.6 Å². The standard InChI is InChI=1S/C14H28N2O3S/c1-12-6-5-7-13(8-10-15(2)3)16(12)14(17)9-11-20(4,18)19/h12-13H,5-11H2,1-4H3. The van der Waals surface area contributed by atoms with Gasteiger partial charge in [0.25, 0.3) is 0 Å². The van der Waals surface area contributed by atoms with E-state index in [0.717, 1.165) is 32.2 Å². The molecule has 1 rings (SSSR count). The van der Waals surface area contributed by atoms with E-state index in [2.05, 4.69) is 11.8 Å². The van der Waals surface area contributed by atoms with Gasteiger partial charge in [0.1, 0.15) is 9.84 Å². The zero-order chi connectivity index (χ0) is 15.3. The molecule has 0 aliphatic carbocycles. The molecule has 118 valence electrons. The van der Waals surface area contributed by atoms with Gasteiger partial charge in [-0.25, -0.2) is 8.42 Å². The number of carbonyl (C=O) groups excluding carboxylic acids is 1. The summed E-state index contributed by atoms with van der Waals surface area (Å²) in [6, 6.07) is 0.483. The van der Waals surface area contributed by atoms with Gasteiger partial charge in [0, 0.05) is 24.8 Å². The molecule has 2 atom stereocenters. The molecule has 0 saturated carbocycles. The maximum absolute atomic E-state index is 12.4. The van der Waals surface area contributed by atoms with Gasteiger partial charge in [-0.2, -0.15) is 0 Å². The Hall–Kier alpha value is -0.620. The van der Waals surface area contributed by atoms with Gasteiger partial charge in [-0.1, -0.05) is 0 Å². The summed E-state index contributed by atoms with van der Waals surface area (Å²) in [6.07, 6.45) is 5.45. The highest BCUT2D eigenvalue weighted by Gasteiger charge is 2.31. The highest BCUT2D eigenvalue weighted by atomic mass is 32.2. The number of hydrogen-bond acceptors (Lipinski definition) is 4. The Balaban J connectivity index is 2.66. The van der Waals surface area contributed by atoms with Gasteiger partial charge in [-0.3, -0.25) is 4.79 Å². The van der Waals surface area contributed by atoms with Gasteiger partial charge in [0.05, 0.1) is 5.75 Å². The third kappa shape index (κ3) is 5.79. The van der Waals surface area contributed by atoms with Crippen molar-refractivity contribution >= 4 is 15.7 Å². The van der Waals surface area contributed by atoms with E-state index in [1.165, 1.54) is 6.26 Å². The first-order valence-electron chi connectivity index (χ1n) is 7.34. The van der Waals surface area contributed by atoms with Crippen LogP contribution < -0.4 is 0 Å². The molecule has 5 nitrogen and oxygen atoms in total. The van der Waals surface area contributed by atoms with Crippen molar-refractivity contribution in [3.05, 3.63) is 0 Å². The van der Waals surface area contributed by atoms with Crippen molar-refractivity contribution in [2.24, 2.45) is 0 Å². The third-order valence-corrected chi connectivity index (χ3v) is 4.86. The van der Waals surface area contributed by atoms with Crippen LogP contribution in [0.3, 0.4) is 0 Å². The fourth-order valence-electron chi connectivity index (χ4n) is 2.83. The highest BCUT2D eigenvalue weighted by Crippen LogP contribution is 2.25. The smallest absolute Gasteiger partial charge is 0.224 e. The highest BCUT2D eigenvalue weighted by molar-refractivity contribution is 7.90. The zero-order valence-electron chi connectivity index (χ0n) is 13.1. The largest absolute Gasteiger partial charge is 0.337 e. The first-order valence-corrected chi connectivity index (χ1v) is 9.40. The van der Waals surface area contributed by atoms with Crippen LogP contribution in [0.2, 0.25) is 0 Å². The van der Waals surface area contributed by atoms with Crippen molar-refractivity contribution in [3.8, 4) is 0 Å². The number of carbonyl (C=O) groups is 1. The number of sulfone groups is 1. The van der Waals surface area contributed by atoms with E-state index in [0.29, 0.717) is 0 Å². The van der Waals surface area contributed by atoms with Crippen LogP contribution in [0, 0.1) is 0 Å². The van der Waals surface area contributed by atoms with Crippen molar-refractivity contribution in [1.82, 2.24) is 9.80 Å². The molecule has 0 aromatic carbocycles. The predicted molar refractivity (Wildman–Crippen MR) is 81.4 cm³/mol. The topological polar surface area (TPSA) is 57.7 Å². The van der Waals surface area contributed by atoms with E-state index in [1.807, 2.05) is 19.0 Å². The number of rotatable bonds is 6. The van der Waals surface area contributed by atoms with Gasteiger partial charge in [-0.15, -0.1) is 0 Å². The SMILES string of the molecule is CC1CCCC(CCN(C)C)N1C(=O)CCS(C)(=O)=O. The summed E-state index contributed by atoms with van der Waals surface area (Å²) in [6.45, 7) is 3.02. The molecule has 1 fully saturated rings. The number of piperidine rings is 1. The lowest BCUT2D eigenvalue weighted by Crippen LogP contribution is -2.50. The molecular weight excluding hydrogens is 276 g/mol. The number of likely N-dealkylation sites (tertiary alicyclic amines) is 1. The lowest BCUT2D eigenvalue weighted by atomic mass is 9.94. The Morgan fingerprint density at radius 3 is 2.50 bits per heavy atom. The molecular formula is C14H28N2O3S. The molecule has 0 radical (unpaired) electrons. The Morgan fingerprint density at radius 1 is 1.30 bits per heavy atom. The molecule has 0 N–H and O–H groups in total. The summed E-state index contributed by atoms with van der Waals surface area (Å²) in [4.78, 5) is 16.4. The minimum atomic E-state index is -3.07. The van der Waals surface area contributed by atoms with Crippen LogP contribution in [0.1, 0.15) is 39.0 Å². The number of amides is 1. The first-order chi connectivity index (χ1) is 9.20. The third-order valence-electron chi connectivity index (χ3n) is 3.91. The maximum atomic E-state index is 12.4. The predicted octanol–water partition coefficient (Wildman–Crippen LogP) is 1.14. The molecule has 1 aliphatic heterocycles. The van der Waals surface area contributed by atoms with E-state index in [1.54, 1.807) is 0 Å². The van der Waals surface area contributed by atoms with Crippen molar-refractivity contribution in [3.63, 3.8) is 0 Å². The lowest BCUT2D eigenvalue weighted by molar-refractivity contribution is -0.137. The second-order valence-electron chi connectivity index (χ2n) is 6.21. The second kappa shape index (κ2) is 7.41. The molecule has 0 aromatic heterocycles. The number of nitrogens with zero attached hydrogens (tertiary/aromatic N) is 2. The van der Waals surface area contributed by atoms with Gasteiger partial charge in [-0.05, 0) is 53.2 Å². The van der Waals surface area contributed by atoms with E-state index in [-0.39, 0.29) is 30.2 Å². The first kappa shape index (κ1) is 17.4. The van der Waals surface area contributed by atoms with Crippen molar-refractivity contribution in [2.45, 2.75) is 51.1 Å². The van der Waals surface area contributed by atoms with Gasteiger partial charge >= 0.3 is 0 Å². The van der Waals surface area contributed by atoms with Crippen LogP contribution in [0.5, 0.6) is 0 Å². The minimum Gasteiger partial charge on any atom is -0.337 e. The summed E-state index contributed by atoms with van der Waals surface area (Å²) in [5.41, 5.74) is 0. The molecule has 1 saturated heterocycles. The zero-order valence-corrected chi connectivity index (χ0v) is 13.9. The molecule has 0 bridgehead atoms. The summed E-state index contributed by atoms with van der Waals surface area (Å²) < 4.78 is 22.4. The van der Waals surface area contributed by atoms with Crippen molar-refractivity contribution in [2.75, 3.05) is 32.6 Å². The fraction of sp³-hybridized carbons (Fsp3) is 0.929. The lowest BCUT2D eigenvalue weighted by Gasteiger charge is -2.41. The molecule has 2 unspecified atom stereocenters. The average Bonchev–Trinajstić information content (AvgIpc) is 2.32. The Morgan fingerprint density at radius 2 is 1.95 bits per heavy atom. The van der Waals surface area contributed by atoms with Crippen molar-refractivity contribution in [1.29, 1.82) is 0 Å². The molecule has 20 heavy (non-hydrogen) atoms. The van der Waals surface area contributed by atoms with Gasteiger partial charge in [0.15, 0.2) is 0 Å². The average molecular weight is 304 g/mol. The van der Waals surface area contributed by atoms with Crippen molar-refractivity contribution < 1.29 is 13.2 Å². The van der Waals surface area contributed by atoms with Crippen LogP contribution in [0.4, 0.5) is 0 Å². The summed E-state index contributed by atoms with van der Waals surface area (Å²) in [5, 5.41) is 0. The molecule has 1 amide bonds. The van der Waals surface area contributed by atoms with E-state index >= 15 is 0 Å². The molecule has 6 heteroatoms. The molecule has 0 spiro atoms. The Bertz CT molecular complexity index is 420. The van der Waals surface area contributed by atoms with E-state index in [9.17, 15) is 13.2 Å². The van der Waals surface area contributed by atoms with Gasteiger partial charge in [0.2, 0.25) is 5.91 Å². The van der Waals surface area contributed by atoms with Crippen LogP contribution in [0.15, 0.2) is 0 Å².